The predicted octanol–water partition coefficient (Wildman–Crippen LogP) is 2.91. The van der Waals surface area contributed by atoms with Crippen LogP contribution in [0.2, 0.25) is 0 Å². The number of aliphatic hydroxyl groups excluding tert-OH is 1. The van der Waals surface area contributed by atoms with Crippen LogP contribution in [0.25, 0.3) is 0 Å². The molecular formula is C15H21F3N2O. The summed E-state index contributed by atoms with van der Waals surface area (Å²) in [4.78, 5) is 1.89. The standard InChI is InChI=1S/C15H21F3N2O/c16-15(17,18)14-8-12(6-5-11(14)9-19)20-7-3-1-2-4-13(20)10-21/h5-6,8,13,21H,1-4,7,9-10,19H2. The summed E-state index contributed by atoms with van der Waals surface area (Å²) in [6.45, 7) is 0.489. The highest BCUT2D eigenvalue weighted by atomic mass is 19.4. The summed E-state index contributed by atoms with van der Waals surface area (Å²) in [5.74, 6) is 0. The number of alkyl halides is 3. The van der Waals surface area contributed by atoms with Crippen LogP contribution in [0.3, 0.4) is 0 Å². The zero-order valence-corrected chi connectivity index (χ0v) is 11.9. The Bertz CT molecular complexity index is 476. The lowest BCUT2D eigenvalue weighted by Gasteiger charge is -2.31. The minimum atomic E-state index is -4.41. The molecule has 118 valence electrons. The summed E-state index contributed by atoms with van der Waals surface area (Å²) in [5, 5.41) is 9.49. The van der Waals surface area contributed by atoms with Gasteiger partial charge in [0.05, 0.1) is 18.2 Å². The molecule has 0 amide bonds. The van der Waals surface area contributed by atoms with E-state index in [0.717, 1.165) is 31.7 Å². The number of benzene rings is 1. The summed E-state index contributed by atoms with van der Waals surface area (Å²) in [6, 6.07) is 4.16. The van der Waals surface area contributed by atoms with Crippen molar-refractivity contribution < 1.29 is 18.3 Å². The predicted molar refractivity (Wildman–Crippen MR) is 76.0 cm³/mol. The van der Waals surface area contributed by atoms with Gasteiger partial charge in [-0.25, -0.2) is 0 Å². The lowest BCUT2D eigenvalue weighted by molar-refractivity contribution is -0.138. The van der Waals surface area contributed by atoms with Gasteiger partial charge in [-0.05, 0) is 30.5 Å². The van der Waals surface area contributed by atoms with E-state index in [9.17, 15) is 18.3 Å². The van der Waals surface area contributed by atoms with Crippen molar-refractivity contribution in [1.82, 2.24) is 0 Å². The van der Waals surface area contributed by atoms with Crippen molar-refractivity contribution in [2.24, 2.45) is 5.73 Å². The highest BCUT2D eigenvalue weighted by Crippen LogP contribution is 2.35. The Morgan fingerprint density at radius 1 is 1.24 bits per heavy atom. The first-order chi connectivity index (χ1) is 9.97. The molecule has 6 heteroatoms. The molecule has 2 rings (SSSR count). The normalized spacial score (nSPS) is 20.4. The molecular weight excluding hydrogens is 281 g/mol. The average Bonchev–Trinajstić information content (AvgIpc) is 2.70. The maximum absolute atomic E-state index is 13.1. The van der Waals surface area contributed by atoms with Crippen LogP contribution in [0.4, 0.5) is 18.9 Å². The van der Waals surface area contributed by atoms with E-state index in [4.69, 9.17) is 5.73 Å². The van der Waals surface area contributed by atoms with E-state index in [2.05, 4.69) is 0 Å². The number of rotatable bonds is 3. The summed E-state index contributed by atoms with van der Waals surface area (Å²) >= 11 is 0. The molecule has 0 spiro atoms. The number of anilines is 1. The van der Waals surface area contributed by atoms with Crippen molar-refractivity contribution in [3.63, 3.8) is 0 Å². The SMILES string of the molecule is NCc1ccc(N2CCCCCC2CO)cc1C(F)(F)F. The van der Waals surface area contributed by atoms with Gasteiger partial charge < -0.3 is 15.7 Å². The maximum atomic E-state index is 13.1. The summed E-state index contributed by atoms with van der Waals surface area (Å²) in [7, 11) is 0. The molecule has 0 aliphatic carbocycles. The Balaban J connectivity index is 2.38. The molecule has 1 saturated heterocycles. The van der Waals surface area contributed by atoms with Gasteiger partial charge in [0.25, 0.3) is 0 Å². The first kappa shape index (κ1) is 16.1. The Hall–Kier alpha value is -1.27. The largest absolute Gasteiger partial charge is 0.416 e. The Labute approximate surface area is 122 Å². The quantitative estimate of drug-likeness (QED) is 0.902. The number of hydrogen-bond acceptors (Lipinski definition) is 3. The lowest BCUT2D eigenvalue weighted by atomic mass is 10.0. The van der Waals surface area contributed by atoms with E-state index < -0.39 is 11.7 Å². The molecule has 1 fully saturated rings. The fraction of sp³-hybridized carbons (Fsp3) is 0.600. The van der Waals surface area contributed by atoms with Gasteiger partial charge in [0.2, 0.25) is 0 Å². The molecule has 0 radical (unpaired) electrons. The van der Waals surface area contributed by atoms with E-state index in [1.807, 2.05) is 4.90 Å². The maximum Gasteiger partial charge on any atom is 0.416 e. The molecule has 1 heterocycles. The van der Waals surface area contributed by atoms with Crippen LogP contribution in [-0.4, -0.2) is 24.3 Å². The van der Waals surface area contributed by atoms with Crippen LogP contribution in [-0.2, 0) is 12.7 Å². The number of nitrogens with two attached hydrogens (primary N) is 1. The second kappa shape index (κ2) is 6.66. The second-order valence-electron chi connectivity index (χ2n) is 5.42. The molecule has 1 atom stereocenters. The number of aliphatic hydroxyl groups is 1. The van der Waals surface area contributed by atoms with Gasteiger partial charge in [-0.15, -0.1) is 0 Å². The third-order valence-corrected chi connectivity index (χ3v) is 4.04. The van der Waals surface area contributed by atoms with Crippen LogP contribution in [0.1, 0.15) is 36.8 Å². The van der Waals surface area contributed by atoms with Gasteiger partial charge in [-0.3, -0.25) is 0 Å². The van der Waals surface area contributed by atoms with Crippen LogP contribution < -0.4 is 10.6 Å². The summed E-state index contributed by atoms with van der Waals surface area (Å²) < 4.78 is 39.4. The number of nitrogens with zero attached hydrogens (tertiary/aromatic N) is 1. The topological polar surface area (TPSA) is 49.5 Å². The zero-order chi connectivity index (χ0) is 15.5. The Kier molecular flexibility index (Phi) is 5.11. The van der Waals surface area contributed by atoms with E-state index in [1.165, 1.54) is 6.07 Å². The van der Waals surface area contributed by atoms with Crippen molar-refractivity contribution in [3.8, 4) is 0 Å². The van der Waals surface area contributed by atoms with Gasteiger partial charge in [0, 0.05) is 18.8 Å². The van der Waals surface area contributed by atoms with Crippen LogP contribution in [0, 0.1) is 0 Å². The van der Waals surface area contributed by atoms with Gasteiger partial charge in [-0.1, -0.05) is 18.9 Å². The van der Waals surface area contributed by atoms with Crippen LogP contribution >= 0.6 is 0 Å². The molecule has 1 unspecified atom stereocenters. The van der Waals surface area contributed by atoms with E-state index in [-0.39, 0.29) is 24.8 Å². The highest BCUT2D eigenvalue weighted by Gasteiger charge is 2.34. The molecule has 21 heavy (non-hydrogen) atoms. The molecule has 3 N–H and O–H groups in total. The fourth-order valence-electron chi connectivity index (χ4n) is 2.89. The fourth-order valence-corrected chi connectivity index (χ4v) is 2.89. The van der Waals surface area contributed by atoms with Crippen LogP contribution in [0.5, 0.6) is 0 Å². The van der Waals surface area contributed by atoms with Gasteiger partial charge in [0.15, 0.2) is 0 Å². The molecule has 1 aromatic rings. The molecule has 3 nitrogen and oxygen atoms in total. The minimum absolute atomic E-state index is 0.0417. The average molecular weight is 302 g/mol. The summed E-state index contributed by atoms with van der Waals surface area (Å²) in [6.07, 6.45) is -0.646. The Morgan fingerprint density at radius 2 is 2.00 bits per heavy atom. The lowest BCUT2D eigenvalue weighted by Crippen LogP contribution is -2.37. The third kappa shape index (κ3) is 3.68. The second-order valence-corrected chi connectivity index (χ2v) is 5.42. The molecule has 0 saturated carbocycles. The van der Waals surface area contributed by atoms with Gasteiger partial charge in [-0.2, -0.15) is 13.2 Å². The molecule has 0 aromatic heterocycles. The van der Waals surface area contributed by atoms with Crippen molar-refractivity contribution in [1.29, 1.82) is 0 Å². The number of halogens is 3. The molecule has 1 aliphatic rings. The third-order valence-electron chi connectivity index (χ3n) is 4.04. The minimum Gasteiger partial charge on any atom is -0.394 e. The molecule has 1 aromatic carbocycles. The Morgan fingerprint density at radius 3 is 2.62 bits per heavy atom. The van der Waals surface area contributed by atoms with E-state index >= 15 is 0 Å². The monoisotopic (exact) mass is 302 g/mol. The van der Waals surface area contributed by atoms with Crippen molar-refractivity contribution in [2.45, 2.75) is 44.4 Å². The van der Waals surface area contributed by atoms with E-state index in [0.29, 0.717) is 12.2 Å². The first-order valence-electron chi connectivity index (χ1n) is 7.25. The van der Waals surface area contributed by atoms with Crippen molar-refractivity contribution in [2.75, 3.05) is 18.1 Å². The van der Waals surface area contributed by atoms with Crippen LogP contribution in [0.15, 0.2) is 18.2 Å². The summed E-state index contributed by atoms with van der Waals surface area (Å²) in [5.41, 5.74) is 5.34. The molecule has 1 aliphatic heterocycles. The van der Waals surface area contributed by atoms with Gasteiger partial charge in [0.1, 0.15) is 0 Å². The number of hydrogen-bond donors (Lipinski definition) is 2. The van der Waals surface area contributed by atoms with Crippen molar-refractivity contribution in [3.05, 3.63) is 29.3 Å². The molecule has 0 bridgehead atoms. The van der Waals surface area contributed by atoms with Gasteiger partial charge >= 0.3 is 6.18 Å². The van der Waals surface area contributed by atoms with E-state index in [1.54, 1.807) is 6.07 Å². The smallest absolute Gasteiger partial charge is 0.394 e. The highest BCUT2D eigenvalue weighted by molar-refractivity contribution is 5.53. The zero-order valence-electron chi connectivity index (χ0n) is 11.9. The first-order valence-corrected chi connectivity index (χ1v) is 7.25. The van der Waals surface area contributed by atoms with Crippen molar-refractivity contribution >= 4 is 5.69 Å².